The van der Waals surface area contributed by atoms with Crippen molar-refractivity contribution in [2.75, 3.05) is 5.32 Å². The summed E-state index contributed by atoms with van der Waals surface area (Å²) in [6.07, 6.45) is 0. The van der Waals surface area contributed by atoms with Crippen molar-refractivity contribution in [2.24, 2.45) is 0 Å². The molecule has 3 rings (SSSR count). The standard InChI is InChI=1S/C18H14BrN3OS/c1-11-8-9-14-15(20-11)6-3-7-16(14)21-18(24)22-17(23)12-4-2-5-13(19)10-12/h2-10H,1H3,(H2,21,22,23,24). The van der Waals surface area contributed by atoms with Crippen LogP contribution in [0.3, 0.4) is 0 Å². The van der Waals surface area contributed by atoms with Gasteiger partial charge in [-0.15, -0.1) is 0 Å². The molecule has 120 valence electrons. The second-order valence-electron chi connectivity index (χ2n) is 5.24. The number of rotatable bonds is 2. The first-order chi connectivity index (χ1) is 11.5. The fourth-order valence-corrected chi connectivity index (χ4v) is 2.93. The Hall–Kier alpha value is -2.31. The number of nitrogens with zero attached hydrogens (tertiary/aromatic N) is 1. The van der Waals surface area contributed by atoms with Gasteiger partial charge in [0, 0.05) is 26.8 Å². The number of hydrogen-bond acceptors (Lipinski definition) is 3. The van der Waals surface area contributed by atoms with E-state index in [1.807, 2.05) is 43.3 Å². The average molecular weight is 400 g/mol. The minimum absolute atomic E-state index is 0.244. The van der Waals surface area contributed by atoms with Gasteiger partial charge in [0.05, 0.1) is 5.52 Å². The van der Waals surface area contributed by atoms with Crippen LogP contribution in [0.4, 0.5) is 5.69 Å². The summed E-state index contributed by atoms with van der Waals surface area (Å²) in [6.45, 7) is 1.95. The molecule has 6 heteroatoms. The Morgan fingerprint density at radius 2 is 1.92 bits per heavy atom. The fourth-order valence-electron chi connectivity index (χ4n) is 2.32. The van der Waals surface area contributed by atoms with Crippen LogP contribution in [0.25, 0.3) is 10.9 Å². The van der Waals surface area contributed by atoms with Crippen LogP contribution < -0.4 is 10.6 Å². The SMILES string of the molecule is Cc1ccc2c(NC(=S)NC(=O)c3cccc(Br)c3)cccc2n1. The Kier molecular flexibility index (Phi) is 4.87. The molecule has 24 heavy (non-hydrogen) atoms. The van der Waals surface area contributed by atoms with Gasteiger partial charge in [-0.25, -0.2) is 0 Å². The van der Waals surface area contributed by atoms with Crippen LogP contribution in [0.5, 0.6) is 0 Å². The number of fused-ring (bicyclic) bond motifs is 1. The first-order valence-corrected chi connectivity index (χ1v) is 8.47. The molecule has 0 bridgehead atoms. The van der Waals surface area contributed by atoms with E-state index >= 15 is 0 Å². The number of amides is 1. The molecular weight excluding hydrogens is 386 g/mol. The van der Waals surface area contributed by atoms with E-state index in [0.717, 1.165) is 26.8 Å². The molecule has 0 aliphatic heterocycles. The second-order valence-corrected chi connectivity index (χ2v) is 6.57. The lowest BCUT2D eigenvalue weighted by Crippen LogP contribution is -2.34. The zero-order chi connectivity index (χ0) is 17.1. The number of carbonyl (C=O) groups excluding carboxylic acids is 1. The molecule has 0 saturated carbocycles. The van der Waals surface area contributed by atoms with E-state index in [-0.39, 0.29) is 11.0 Å². The van der Waals surface area contributed by atoms with Gasteiger partial charge in [0.15, 0.2) is 5.11 Å². The molecule has 0 aliphatic carbocycles. The molecule has 0 unspecified atom stereocenters. The highest BCUT2D eigenvalue weighted by atomic mass is 79.9. The Bertz CT molecular complexity index is 942. The van der Waals surface area contributed by atoms with Crippen molar-refractivity contribution >= 4 is 55.8 Å². The summed E-state index contributed by atoms with van der Waals surface area (Å²) in [5.74, 6) is -0.261. The summed E-state index contributed by atoms with van der Waals surface area (Å²) in [6, 6.07) is 16.8. The maximum atomic E-state index is 12.2. The number of nitrogens with one attached hydrogen (secondary N) is 2. The van der Waals surface area contributed by atoms with Gasteiger partial charge in [0.1, 0.15) is 0 Å². The Morgan fingerprint density at radius 1 is 1.12 bits per heavy atom. The third-order valence-corrected chi connectivity index (χ3v) is 4.13. The van der Waals surface area contributed by atoms with Gasteiger partial charge in [0.25, 0.3) is 5.91 Å². The van der Waals surface area contributed by atoms with Crippen molar-refractivity contribution in [2.45, 2.75) is 6.92 Å². The molecular formula is C18H14BrN3OS. The van der Waals surface area contributed by atoms with Gasteiger partial charge in [-0.1, -0.05) is 28.1 Å². The molecule has 1 aromatic heterocycles. The summed E-state index contributed by atoms with van der Waals surface area (Å²) < 4.78 is 0.838. The smallest absolute Gasteiger partial charge is 0.257 e. The first kappa shape index (κ1) is 16.5. The van der Waals surface area contributed by atoms with E-state index in [0.29, 0.717) is 5.56 Å². The molecule has 0 saturated heterocycles. The Labute approximate surface area is 153 Å². The van der Waals surface area contributed by atoms with Gasteiger partial charge in [0.2, 0.25) is 0 Å². The second kappa shape index (κ2) is 7.07. The van der Waals surface area contributed by atoms with Gasteiger partial charge in [-0.2, -0.15) is 0 Å². The van der Waals surface area contributed by atoms with Crippen LogP contribution in [0, 0.1) is 6.92 Å². The van der Waals surface area contributed by atoms with E-state index in [2.05, 4.69) is 31.5 Å². The normalized spacial score (nSPS) is 10.4. The zero-order valence-corrected chi connectivity index (χ0v) is 15.2. The number of aromatic nitrogens is 1. The highest BCUT2D eigenvalue weighted by Crippen LogP contribution is 2.22. The molecule has 0 aliphatic rings. The van der Waals surface area contributed by atoms with Gasteiger partial charge < -0.3 is 5.32 Å². The molecule has 2 N–H and O–H groups in total. The fraction of sp³-hybridized carbons (Fsp3) is 0.0556. The van der Waals surface area contributed by atoms with Crippen LogP contribution in [0.1, 0.15) is 16.1 Å². The van der Waals surface area contributed by atoms with Crippen molar-refractivity contribution < 1.29 is 4.79 Å². The number of aryl methyl sites for hydroxylation is 1. The first-order valence-electron chi connectivity index (χ1n) is 7.27. The number of halogens is 1. The zero-order valence-electron chi connectivity index (χ0n) is 12.8. The van der Waals surface area contributed by atoms with E-state index in [9.17, 15) is 4.79 Å². The molecule has 0 radical (unpaired) electrons. The molecule has 2 aromatic carbocycles. The van der Waals surface area contributed by atoms with E-state index in [1.165, 1.54) is 0 Å². The highest BCUT2D eigenvalue weighted by Gasteiger charge is 2.09. The Morgan fingerprint density at radius 3 is 2.71 bits per heavy atom. The summed E-state index contributed by atoms with van der Waals surface area (Å²) in [7, 11) is 0. The lowest BCUT2D eigenvalue weighted by molar-refractivity contribution is 0.0977. The van der Waals surface area contributed by atoms with Crippen molar-refractivity contribution in [3.63, 3.8) is 0 Å². The van der Waals surface area contributed by atoms with E-state index in [1.54, 1.807) is 18.2 Å². The van der Waals surface area contributed by atoms with Crippen LogP contribution in [0.2, 0.25) is 0 Å². The molecule has 0 atom stereocenters. The van der Waals surface area contributed by atoms with Crippen LogP contribution in [-0.4, -0.2) is 16.0 Å². The largest absolute Gasteiger partial charge is 0.332 e. The predicted octanol–water partition coefficient (Wildman–Crippen LogP) is 4.43. The number of anilines is 1. The van der Waals surface area contributed by atoms with Gasteiger partial charge in [-0.3, -0.25) is 15.1 Å². The number of hydrogen-bond donors (Lipinski definition) is 2. The minimum Gasteiger partial charge on any atom is -0.332 e. The van der Waals surface area contributed by atoms with Crippen molar-refractivity contribution in [3.8, 4) is 0 Å². The molecule has 0 fully saturated rings. The van der Waals surface area contributed by atoms with E-state index < -0.39 is 0 Å². The lowest BCUT2D eigenvalue weighted by Gasteiger charge is -2.12. The molecule has 0 spiro atoms. The Balaban J connectivity index is 1.77. The summed E-state index contributed by atoms with van der Waals surface area (Å²) in [4.78, 5) is 16.7. The topological polar surface area (TPSA) is 54.0 Å². The molecule has 1 amide bonds. The van der Waals surface area contributed by atoms with Crippen molar-refractivity contribution in [3.05, 3.63) is 70.3 Å². The molecule has 4 nitrogen and oxygen atoms in total. The number of thiocarbonyl (C=S) groups is 1. The monoisotopic (exact) mass is 399 g/mol. The predicted molar refractivity (Wildman–Crippen MR) is 104 cm³/mol. The van der Waals surface area contributed by atoms with Crippen LogP contribution in [0.15, 0.2) is 59.1 Å². The third-order valence-electron chi connectivity index (χ3n) is 3.43. The van der Waals surface area contributed by atoms with Gasteiger partial charge >= 0.3 is 0 Å². The van der Waals surface area contributed by atoms with Crippen molar-refractivity contribution in [1.82, 2.24) is 10.3 Å². The van der Waals surface area contributed by atoms with Crippen molar-refractivity contribution in [1.29, 1.82) is 0 Å². The minimum atomic E-state index is -0.261. The summed E-state index contributed by atoms with van der Waals surface area (Å²) in [5, 5.41) is 6.95. The average Bonchev–Trinajstić information content (AvgIpc) is 2.54. The number of benzene rings is 2. The van der Waals surface area contributed by atoms with Gasteiger partial charge in [-0.05, 0) is 61.6 Å². The molecule has 1 heterocycles. The summed E-state index contributed by atoms with van der Waals surface area (Å²) >= 11 is 8.61. The van der Waals surface area contributed by atoms with E-state index in [4.69, 9.17) is 12.2 Å². The van der Waals surface area contributed by atoms with Crippen LogP contribution in [-0.2, 0) is 0 Å². The highest BCUT2D eigenvalue weighted by molar-refractivity contribution is 9.10. The van der Waals surface area contributed by atoms with Crippen LogP contribution >= 0.6 is 28.1 Å². The quantitative estimate of drug-likeness (QED) is 0.625. The lowest BCUT2D eigenvalue weighted by atomic mass is 10.1. The maximum absolute atomic E-state index is 12.2. The number of pyridine rings is 1. The third kappa shape index (κ3) is 3.77. The maximum Gasteiger partial charge on any atom is 0.257 e. The molecule has 3 aromatic rings. The number of carbonyl (C=O) groups is 1. The summed E-state index contributed by atoms with van der Waals surface area (Å²) in [5.41, 5.74) is 3.16.